The standard InChI is InChI=1S/C19H25NO.C11H17NO.C8H8.CH4/c1-15(2)19(18-13-9-6-10-14-18)20(4)21-16(3)17-11-7-5-8-12-17;1-9(2)11(12(3)13)10-7-5-4-6-8-10;1-2-8-6-4-3-5-7-8;/h5-16,19H,1-4H3;4-9,11,13H,1-3H3;2-7H,1H2;1H4. The number of benzene rings is 4. The molecule has 4 rings (SSSR count). The highest BCUT2D eigenvalue weighted by molar-refractivity contribution is 5.45. The maximum Gasteiger partial charge on any atom is 0.101 e. The molecule has 0 saturated heterocycles. The molecular weight excluding hydrogens is 528 g/mol. The molecule has 43 heavy (non-hydrogen) atoms. The first-order valence-electron chi connectivity index (χ1n) is 14.8. The lowest BCUT2D eigenvalue weighted by Crippen LogP contribution is -2.29. The number of nitrogens with zero attached hydrogens (tertiary/aromatic N) is 2. The Kier molecular flexibility index (Phi) is 17.8. The van der Waals surface area contributed by atoms with E-state index < -0.39 is 0 Å². The summed E-state index contributed by atoms with van der Waals surface area (Å²) in [6.07, 6.45) is 1.88. The molecule has 0 aliphatic carbocycles. The zero-order valence-corrected chi connectivity index (χ0v) is 26.5. The molecule has 4 aromatic rings. The van der Waals surface area contributed by atoms with Gasteiger partial charge in [0.15, 0.2) is 0 Å². The molecule has 1 N–H and O–H groups in total. The molecule has 0 aromatic heterocycles. The molecule has 4 aromatic carbocycles. The highest BCUT2D eigenvalue weighted by atomic mass is 16.7. The van der Waals surface area contributed by atoms with E-state index in [2.05, 4.69) is 77.6 Å². The van der Waals surface area contributed by atoms with Crippen molar-refractivity contribution in [1.29, 1.82) is 0 Å². The van der Waals surface area contributed by atoms with Crippen molar-refractivity contribution in [3.63, 3.8) is 0 Å². The maximum atomic E-state index is 9.47. The van der Waals surface area contributed by atoms with E-state index in [0.717, 1.165) is 5.56 Å². The summed E-state index contributed by atoms with van der Waals surface area (Å²) >= 11 is 0. The second-order valence-corrected chi connectivity index (χ2v) is 11.1. The summed E-state index contributed by atoms with van der Waals surface area (Å²) in [5.74, 6) is 0.873. The van der Waals surface area contributed by atoms with Crippen molar-refractivity contribution in [3.05, 3.63) is 150 Å². The average molecular weight is 583 g/mol. The van der Waals surface area contributed by atoms with Gasteiger partial charge in [-0.05, 0) is 41.0 Å². The van der Waals surface area contributed by atoms with Crippen LogP contribution in [0.4, 0.5) is 0 Å². The lowest BCUT2D eigenvalue weighted by Gasteiger charge is -2.33. The third kappa shape index (κ3) is 13.1. The number of hydroxylamine groups is 4. The number of hydrogen-bond acceptors (Lipinski definition) is 4. The SMILES string of the molecule is C.C=Cc1ccccc1.CC(C)C(c1ccccc1)N(C)O.CC(ON(C)C(c1ccccc1)C(C)C)c1ccccc1. The van der Waals surface area contributed by atoms with E-state index in [9.17, 15) is 5.21 Å². The van der Waals surface area contributed by atoms with Crippen LogP contribution in [-0.4, -0.2) is 29.4 Å². The van der Waals surface area contributed by atoms with Crippen molar-refractivity contribution in [2.75, 3.05) is 14.1 Å². The fraction of sp³-hybridized carbons (Fsp3) is 0.333. The maximum absolute atomic E-state index is 9.47. The van der Waals surface area contributed by atoms with E-state index in [-0.39, 0.29) is 25.6 Å². The Bertz CT molecular complexity index is 1220. The molecule has 0 amide bonds. The third-order valence-electron chi connectivity index (χ3n) is 6.97. The Balaban J connectivity index is 0.000000357. The minimum Gasteiger partial charge on any atom is -0.314 e. The van der Waals surface area contributed by atoms with Crippen LogP contribution in [0.2, 0.25) is 0 Å². The summed E-state index contributed by atoms with van der Waals surface area (Å²) < 4.78 is 0. The van der Waals surface area contributed by atoms with Gasteiger partial charge in [-0.2, -0.15) is 10.1 Å². The highest BCUT2D eigenvalue weighted by Gasteiger charge is 2.23. The predicted octanol–water partition coefficient (Wildman–Crippen LogP) is 10.7. The van der Waals surface area contributed by atoms with Gasteiger partial charge in [0.2, 0.25) is 0 Å². The zero-order chi connectivity index (χ0) is 30.9. The van der Waals surface area contributed by atoms with Crippen molar-refractivity contribution in [3.8, 4) is 0 Å². The highest BCUT2D eigenvalue weighted by Crippen LogP contribution is 2.30. The van der Waals surface area contributed by atoms with E-state index in [4.69, 9.17) is 4.84 Å². The molecule has 0 radical (unpaired) electrons. The first kappa shape index (κ1) is 37.5. The fourth-order valence-electron chi connectivity index (χ4n) is 5.04. The minimum absolute atomic E-state index is 0. The van der Waals surface area contributed by atoms with Crippen molar-refractivity contribution >= 4 is 6.08 Å². The topological polar surface area (TPSA) is 35.9 Å². The lowest BCUT2D eigenvalue weighted by molar-refractivity contribution is -0.212. The molecule has 0 saturated carbocycles. The van der Waals surface area contributed by atoms with Crippen LogP contribution < -0.4 is 0 Å². The van der Waals surface area contributed by atoms with Gasteiger partial charge in [-0.3, -0.25) is 4.84 Å². The number of hydrogen-bond donors (Lipinski definition) is 1. The van der Waals surface area contributed by atoms with Crippen LogP contribution in [0.3, 0.4) is 0 Å². The zero-order valence-electron chi connectivity index (χ0n) is 26.5. The Hall–Kier alpha value is -3.54. The van der Waals surface area contributed by atoms with Crippen LogP contribution in [0.1, 0.15) is 82.5 Å². The molecule has 3 atom stereocenters. The van der Waals surface area contributed by atoms with Gasteiger partial charge in [0.05, 0.1) is 12.1 Å². The van der Waals surface area contributed by atoms with E-state index in [0.29, 0.717) is 11.8 Å². The van der Waals surface area contributed by atoms with E-state index >= 15 is 0 Å². The molecule has 0 bridgehead atoms. The van der Waals surface area contributed by atoms with E-state index in [1.807, 2.05) is 103 Å². The molecule has 4 nitrogen and oxygen atoms in total. The van der Waals surface area contributed by atoms with Crippen molar-refractivity contribution in [2.45, 2.75) is 60.2 Å². The van der Waals surface area contributed by atoms with Gasteiger partial charge in [0.25, 0.3) is 0 Å². The summed E-state index contributed by atoms with van der Waals surface area (Å²) in [5.41, 5.74) is 4.81. The van der Waals surface area contributed by atoms with Crippen LogP contribution >= 0.6 is 0 Å². The molecule has 0 aliphatic rings. The largest absolute Gasteiger partial charge is 0.314 e. The monoisotopic (exact) mass is 582 g/mol. The Morgan fingerprint density at radius 1 is 0.581 bits per heavy atom. The third-order valence-corrected chi connectivity index (χ3v) is 6.97. The molecule has 0 heterocycles. The van der Waals surface area contributed by atoms with Crippen LogP contribution in [0.5, 0.6) is 0 Å². The fourth-order valence-corrected chi connectivity index (χ4v) is 5.04. The van der Waals surface area contributed by atoms with Crippen molar-refractivity contribution < 1.29 is 10.0 Å². The van der Waals surface area contributed by atoms with Gasteiger partial charge in [-0.25, -0.2) is 0 Å². The van der Waals surface area contributed by atoms with Gasteiger partial charge in [-0.1, -0.05) is 169 Å². The lowest BCUT2D eigenvalue weighted by atomic mass is 9.96. The molecule has 3 unspecified atom stereocenters. The van der Waals surface area contributed by atoms with Gasteiger partial charge in [0, 0.05) is 14.1 Å². The molecule has 4 heteroatoms. The van der Waals surface area contributed by atoms with Crippen LogP contribution in [0, 0.1) is 11.8 Å². The Labute approximate surface area is 262 Å². The molecular formula is C39H54N2O2. The van der Waals surface area contributed by atoms with Crippen LogP contribution in [0.25, 0.3) is 6.08 Å². The normalized spacial score (nSPS) is 12.7. The van der Waals surface area contributed by atoms with E-state index in [1.165, 1.54) is 21.8 Å². The molecule has 232 valence electrons. The van der Waals surface area contributed by atoms with Crippen LogP contribution in [-0.2, 0) is 4.84 Å². The predicted molar refractivity (Wildman–Crippen MR) is 185 cm³/mol. The smallest absolute Gasteiger partial charge is 0.101 e. The van der Waals surface area contributed by atoms with Gasteiger partial charge in [0.1, 0.15) is 6.10 Å². The first-order valence-corrected chi connectivity index (χ1v) is 14.8. The van der Waals surface area contributed by atoms with Crippen molar-refractivity contribution in [1.82, 2.24) is 10.1 Å². The summed E-state index contributed by atoms with van der Waals surface area (Å²) in [4.78, 5) is 6.15. The first-order chi connectivity index (χ1) is 20.1. The molecule has 0 fully saturated rings. The van der Waals surface area contributed by atoms with Crippen molar-refractivity contribution in [2.24, 2.45) is 11.8 Å². The summed E-state index contributed by atoms with van der Waals surface area (Å²) in [5, 5.41) is 12.7. The van der Waals surface area contributed by atoms with Gasteiger partial charge < -0.3 is 5.21 Å². The summed E-state index contributed by atoms with van der Waals surface area (Å²) in [7, 11) is 3.72. The van der Waals surface area contributed by atoms with Crippen LogP contribution in [0.15, 0.2) is 128 Å². The number of rotatable bonds is 10. The Morgan fingerprint density at radius 3 is 1.26 bits per heavy atom. The minimum atomic E-state index is 0. The average Bonchev–Trinajstić information content (AvgIpc) is 2.99. The second kappa shape index (κ2) is 20.4. The second-order valence-electron chi connectivity index (χ2n) is 11.1. The quantitative estimate of drug-likeness (QED) is 0.189. The van der Waals surface area contributed by atoms with Gasteiger partial charge >= 0.3 is 0 Å². The Morgan fingerprint density at radius 2 is 0.930 bits per heavy atom. The van der Waals surface area contributed by atoms with Gasteiger partial charge in [-0.15, -0.1) is 0 Å². The molecule has 0 spiro atoms. The van der Waals surface area contributed by atoms with E-state index in [1.54, 1.807) is 7.05 Å². The summed E-state index contributed by atoms with van der Waals surface area (Å²) in [6.45, 7) is 14.4. The molecule has 0 aliphatic heterocycles. The summed E-state index contributed by atoms with van der Waals surface area (Å²) in [6, 6.07) is 41.3.